The first kappa shape index (κ1) is 14.7. The van der Waals surface area contributed by atoms with Gasteiger partial charge in [0.15, 0.2) is 5.15 Å². The van der Waals surface area contributed by atoms with Gasteiger partial charge in [-0.1, -0.05) is 23.2 Å². The van der Waals surface area contributed by atoms with Crippen molar-refractivity contribution >= 4 is 40.7 Å². The average Bonchev–Trinajstić information content (AvgIpc) is 2.30. The van der Waals surface area contributed by atoms with Crippen molar-refractivity contribution in [2.24, 2.45) is 5.73 Å². The fourth-order valence-electron chi connectivity index (χ4n) is 1.18. The number of halogens is 2. The van der Waals surface area contributed by atoms with Crippen LogP contribution in [0.5, 0.6) is 0 Å². The SMILES string of the molecule is Cc1cc(Cl)nc(Cl)c1NC(=O)CNC(=O)CN. The molecule has 1 rings (SSSR count). The van der Waals surface area contributed by atoms with Crippen molar-refractivity contribution in [2.45, 2.75) is 6.92 Å². The molecule has 0 aliphatic rings. The van der Waals surface area contributed by atoms with Crippen molar-refractivity contribution in [1.82, 2.24) is 10.3 Å². The van der Waals surface area contributed by atoms with Crippen molar-refractivity contribution in [3.63, 3.8) is 0 Å². The summed E-state index contributed by atoms with van der Waals surface area (Å²) in [5.74, 6) is -0.840. The summed E-state index contributed by atoms with van der Waals surface area (Å²) in [4.78, 5) is 26.2. The van der Waals surface area contributed by atoms with Gasteiger partial charge >= 0.3 is 0 Å². The van der Waals surface area contributed by atoms with E-state index in [1.54, 1.807) is 13.0 Å². The lowest BCUT2D eigenvalue weighted by Gasteiger charge is -2.10. The Balaban J connectivity index is 2.68. The van der Waals surface area contributed by atoms with E-state index >= 15 is 0 Å². The van der Waals surface area contributed by atoms with Crippen LogP contribution in [-0.4, -0.2) is 29.9 Å². The third kappa shape index (κ3) is 4.14. The number of hydrogen-bond acceptors (Lipinski definition) is 4. The lowest BCUT2D eigenvalue weighted by atomic mass is 10.2. The number of amides is 2. The topological polar surface area (TPSA) is 97.1 Å². The van der Waals surface area contributed by atoms with Crippen LogP contribution in [-0.2, 0) is 9.59 Å². The molecule has 8 heteroatoms. The molecular weight excluding hydrogens is 279 g/mol. The van der Waals surface area contributed by atoms with Crippen LogP contribution in [0.4, 0.5) is 5.69 Å². The highest BCUT2D eigenvalue weighted by atomic mass is 35.5. The molecule has 0 saturated carbocycles. The second-order valence-corrected chi connectivity index (χ2v) is 4.20. The van der Waals surface area contributed by atoms with Gasteiger partial charge in [-0.15, -0.1) is 0 Å². The largest absolute Gasteiger partial charge is 0.346 e. The smallest absolute Gasteiger partial charge is 0.243 e. The van der Waals surface area contributed by atoms with Gasteiger partial charge in [0.2, 0.25) is 11.8 Å². The van der Waals surface area contributed by atoms with Gasteiger partial charge in [-0.2, -0.15) is 0 Å². The van der Waals surface area contributed by atoms with E-state index in [1.165, 1.54) is 0 Å². The Hall–Kier alpha value is -1.37. The first-order valence-electron chi connectivity index (χ1n) is 5.03. The molecule has 0 saturated heterocycles. The zero-order valence-corrected chi connectivity index (χ0v) is 11.1. The average molecular weight is 291 g/mol. The standard InChI is InChI=1S/C10H12Cl2N4O2/c1-5-2-6(11)15-10(12)9(5)16-8(18)4-14-7(17)3-13/h2H,3-4,13H2,1H3,(H,14,17)(H,16,18). The molecule has 0 aliphatic carbocycles. The van der Waals surface area contributed by atoms with Crippen molar-refractivity contribution < 1.29 is 9.59 Å². The highest BCUT2D eigenvalue weighted by Gasteiger charge is 2.11. The summed E-state index contributed by atoms with van der Waals surface area (Å²) < 4.78 is 0. The van der Waals surface area contributed by atoms with Gasteiger partial charge < -0.3 is 16.4 Å². The molecule has 4 N–H and O–H groups in total. The van der Waals surface area contributed by atoms with Crippen LogP contribution in [0.3, 0.4) is 0 Å². The number of anilines is 1. The van der Waals surface area contributed by atoms with Gasteiger partial charge in [0.1, 0.15) is 5.15 Å². The predicted molar refractivity (Wildman–Crippen MR) is 69.7 cm³/mol. The van der Waals surface area contributed by atoms with Gasteiger partial charge in [0.05, 0.1) is 18.8 Å². The molecule has 0 fully saturated rings. The highest BCUT2D eigenvalue weighted by molar-refractivity contribution is 6.34. The van der Waals surface area contributed by atoms with E-state index in [-0.39, 0.29) is 23.4 Å². The zero-order chi connectivity index (χ0) is 13.7. The molecule has 0 aromatic carbocycles. The van der Waals surface area contributed by atoms with Gasteiger partial charge in [-0.3, -0.25) is 9.59 Å². The van der Waals surface area contributed by atoms with Crippen LogP contribution >= 0.6 is 23.2 Å². The molecule has 0 bridgehead atoms. The van der Waals surface area contributed by atoms with E-state index in [2.05, 4.69) is 15.6 Å². The maximum Gasteiger partial charge on any atom is 0.243 e. The summed E-state index contributed by atoms with van der Waals surface area (Å²) in [5.41, 5.74) is 6.13. The Labute approximate surface area is 114 Å². The quantitative estimate of drug-likeness (QED) is 0.712. The molecule has 0 spiro atoms. The number of nitrogens with one attached hydrogen (secondary N) is 2. The molecule has 0 radical (unpaired) electrons. The number of aromatic nitrogens is 1. The monoisotopic (exact) mass is 290 g/mol. The molecule has 0 aliphatic heterocycles. The fourth-order valence-corrected chi connectivity index (χ4v) is 1.76. The lowest BCUT2D eigenvalue weighted by molar-refractivity contribution is -0.123. The Morgan fingerprint density at radius 3 is 2.61 bits per heavy atom. The van der Waals surface area contributed by atoms with Crippen LogP contribution in [0.1, 0.15) is 5.56 Å². The van der Waals surface area contributed by atoms with Gasteiger partial charge in [-0.05, 0) is 18.6 Å². The second-order valence-electron chi connectivity index (χ2n) is 3.46. The number of nitrogens with zero attached hydrogens (tertiary/aromatic N) is 1. The van der Waals surface area contributed by atoms with E-state index in [0.717, 1.165) is 0 Å². The predicted octanol–water partition coefficient (Wildman–Crippen LogP) is 0.710. The summed E-state index contributed by atoms with van der Waals surface area (Å²) >= 11 is 11.6. The molecule has 6 nitrogen and oxygen atoms in total. The zero-order valence-electron chi connectivity index (χ0n) is 9.59. The number of aryl methyl sites for hydroxylation is 1. The minimum Gasteiger partial charge on any atom is -0.346 e. The van der Waals surface area contributed by atoms with E-state index in [0.29, 0.717) is 11.3 Å². The normalized spacial score (nSPS) is 10.0. The maximum atomic E-state index is 11.5. The number of rotatable bonds is 4. The Bertz CT molecular complexity index is 456. The maximum absolute atomic E-state index is 11.5. The number of carbonyl (C=O) groups excluding carboxylic acids is 2. The molecular formula is C10H12Cl2N4O2. The number of pyridine rings is 1. The molecule has 0 atom stereocenters. The minimum atomic E-state index is -0.425. The molecule has 1 heterocycles. The van der Waals surface area contributed by atoms with Crippen molar-refractivity contribution in [1.29, 1.82) is 0 Å². The number of carbonyl (C=O) groups is 2. The third-order valence-electron chi connectivity index (χ3n) is 2.04. The van der Waals surface area contributed by atoms with Crippen LogP contribution in [0.2, 0.25) is 10.3 Å². The van der Waals surface area contributed by atoms with E-state index in [4.69, 9.17) is 28.9 Å². The number of nitrogens with two attached hydrogens (primary N) is 1. The summed E-state index contributed by atoms with van der Waals surface area (Å²) in [6.45, 7) is 1.37. The van der Waals surface area contributed by atoms with Crippen LogP contribution in [0.15, 0.2) is 6.07 Å². The molecule has 0 unspecified atom stereocenters. The van der Waals surface area contributed by atoms with Gasteiger partial charge in [-0.25, -0.2) is 4.98 Å². The minimum absolute atomic E-state index is 0.0958. The van der Waals surface area contributed by atoms with Gasteiger partial charge in [0, 0.05) is 0 Å². The van der Waals surface area contributed by atoms with Crippen LogP contribution < -0.4 is 16.4 Å². The molecule has 18 heavy (non-hydrogen) atoms. The summed E-state index contributed by atoms with van der Waals surface area (Å²) in [5, 5.41) is 5.21. The van der Waals surface area contributed by atoms with Crippen molar-refractivity contribution in [2.75, 3.05) is 18.4 Å². The van der Waals surface area contributed by atoms with E-state index < -0.39 is 11.8 Å². The molecule has 1 aromatic rings. The lowest BCUT2D eigenvalue weighted by Crippen LogP contribution is -2.36. The summed E-state index contributed by atoms with van der Waals surface area (Å²) in [6.07, 6.45) is 0. The summed E-state index contributed by atoms with van der Waals surface area (Å²) in [7, 11) is 0. The third-order valence-corrected chi connectivity index (χ3v) is 2.50. The molecule has 98 valence electrons. The Kier molecular flexibility index (Phi) is 5.33. The number of hydrogen-bond donors (Lipinski definition) is 3. The van der Waals surface area contributed by atoms with Crippen molar-refractivity contribution in [3.05, 3.63) is 21.9 Å². The molecule has 1 aromatic heterocycles. The van der Waals surface area contributed by atoms with E-state index in [1.807, 2.05) is 0 Å². The Morgan fingerprint density at radius 1 is 1.39 bits per heavy atom. The summed E-state index contributed by atoms with van der Waals surface area (Å²) in [6, 6.07) is 1.57. The van der Waals surface area contributed by atoms with Crippen LogP contribution in [0.25, 0.3) is 0 Å². The second kappa shape index (κ2) is 6.53. The van der Waals surface area contributed by atoms with Crippen molar-refractivity contribution in [3.8, 4) is 0 Å². The first-order chi connectivity index (χ1) is 8.43. The van der Waals surface area contributed by atoms with Crippen LogP contribution in [0, 0.1) is 6.92 Å². The molecule has 2 amide bonds. The van der Waals surface area contributed by atoms with E-state index in [9.17, 15) is 9.59 Å². The van der Waals surface area contributed by atoms with Gasteiger partial charge in [0.25, 0.3) is 0 Å². The fraction of sp³-hybridized carbons (Fsp3) is 0.300. The Morgan fingerprint density at radius 2 is 2.06 bits per heavy atom. The first-order valence-corrected chi connectivity index (χ1v) is 5.79. The highest BCUT2D eigenvalue weighted by Crippen LogP contribution is 2.26.